The molecule has 0 aliphatic carbocycles. The van der Waals surface area contributed by atoms with Crippen molar-refractivity contribution >= 4 is 33.2 Å². The first-order valence-corrected chi connectivity index (χ1v) is 8.88. The number of hydrogen-bond acceptors (Lipinski definition) is 4. The van der Waals surface area contributed by atoms with Crippen molar-refractivity contribution in [2.24, 2.45) is 0 Å². The molecule has 2 aromatic rings. The molecule has 0 unspecified atom stereocenters. The number of thiazole rings is 1. The molecule has 1 saturated heterocycles. The third kappa shape index (κ3) is 4.14. The van der Waals surface area contributed by atoms with Gasteiger partial charge in [0.2, 0.25) is 5.91 Å². The quantitative estimate of drug-likeness (QED) is 0.885. The first kappa shape index (κ1) is 16.1. The molecule has 1 aliphatic rings. The number of quaternary nitrogens is 1. The van der Waals surface area contributed by atoms with E-state index in [9.17, 15) is 9.59 Å². The molecule has 23 heavy (non-hydrogen) atoms. The van der Waals surface area contributed by atoms with Crippen LogP contribution in [-0.2, 0) is 16.1 Å². The van der Waals surface area contributed by atoms with Crippen molar-refractivity contribution in [3.05, 3.63) is 29.3 Å². The monoisotopic (exact) mass is 332 g/mol. The van der Waals surface area contributed by atoms with Crippen LogP contribution in [0.3, 0.4) is 0 Å². The van der Waals surface area contributed by atoms with Crippen LogP contribution in [0.5, 0.6) is 0 Å². The van der Waals surface area contributed by atoms with E-state index in [2.05, 4.69) is 17.1 Å². The Morgan fingerprint density at radius 2 is 1.96 bits per heavy atom. The van der Waals surface area contributed by atoms with Gasteiger partial charge in [-0.2, -0.15) is 0 Å². The number of hydrogen-bond donors (Lipinski definition) is 1. The topological polar surface area (TPSA) is 54.7 Å². The summed E-state index contributed by atoms with van der Waals surface area (Å²) in [6.45, 7) is 5.90. The van der Waals surface area contributed by atoms with Crippen molar-refractivity contribution < 1.29 is 14.5 Å². The Morgan fingerprint density at radius 1 is 1.22 bits per heavy atom. The molecular weight excluding hydrogens is 310 g/mol. The number of para-hydroxylation sites is 1. The summed E-state index contributed by atoms with van der Waals surface area (Å²) in [5.74, 6) is 0.192. The molecule has 0 bridgehead atoms. The minimum absolute atomic E-state index is 0.0819. The lowest BCUT2D eigenvalue weighted by molar-refractivity contribution is -0.917. The molecule has 1 amide bonds. The molecule has 2 heterocycles. The first-order chi connectivity index (χ1) is 11.1. The number of fused-ring (bicyclic) bond motifs is 1. The van der Waals surface area contributed by atoms with Crippen molar-refractivity contribution in [2.45, 2.75) is 26.3 Å². The molecule has 5 nitrogen and oxygen atoms in total. The van der Waals surface area contributed by atoms with Crippen LogP contribution in [0, 0.1) is 0 Å². The lowest BCUT2D eigenvalue weighted by Gasteiger charge is -2.31. The highest BCUT2D eigenvalue weighted by Crippen LogP contribution is 2.20. The second kappa shape index (κ2) is 7.19. The van der Waals surface area contributed by atoms with Crippen molar-refractivity contribution in [3.8, 4) is 0 Å². The largest absolute Gasteiger partial charge is 0.331 e. The Kier molecular flexibility index (Phi) is 5.03. The molecule has 1 aliphatic heterocycles. The van der Waals surface area contributed by atoms with Gasteiger partial charge in [0, 0.05) is 12.8 Å². The van der Waals surface area contributed by atoms with Gasteiger partial charge in [-0.1, -0.05) is 12.1 Å². The third-order valence-corrected chi connectivity index (χ3v) is 5.29. The SMILES string of the molecule is CC(=O)CCC(=O)N1CC[NH+](Cc2nc3ccccc3s2)CC1. The molecule has 0 atom stereocenters. The predicted molar refractivity (Wildman–Crippen MR) is 90.5 cm³/mol. The van der Waals surface area contributed by atoms with Crippen LogP contribution in [-0.4, -0.2) is 47.8 Å². The Hall–Kier alpha value is -1.79. The summed E-state index contributed by atoms with van der Waals surface area (Å²) in [6.07, 6.45) is 0.708. The maximum absolute atomic E-state index is 12.0. The summed E-state index contributed by atoms with van der Waals surface area (Å²) in [5, 5.41) is 1.16. The highest BCUT2D eigenvalue weighted by molar-refractivity contribution is 7.18. The number of carbonyl (C=O) groups is 2. The summed E-state index contributed by atoms with van der Waals surface area (Å²) in [4.78, 5) is 31.1. The Morgan fingerprint density at radius 3 is 2.65 bits per heavy atom. The zero-order chi connectivity index (χ0) is 16.2. The number of amides is 1. The lowest BCUT2D eigenvalue weighted by atomic mass is 10.2. The molecule has 1 fully saturated rings. The minimum Gasteiger partial charge on any atom is -0.331 e. The van der Waals surface area contributed by atoms with Gasteiger partial charge in [-0.15, -0.1) is 11.3 Å². The number of ketones is 1. The van der Waals surface area contributed by atoms with E-state index in [0.717, 1.165) is 43.2 Å². The van der Waals surface area contributed by atoms with Gasteiger partial charge < -0.3 is 14.6 Å². The van der Waals surface area contributed by atoms with Crippen molar-refractivity contribution in [1.29, 1.82) is 0 Å². The molecule has 1 aromatic carbocycles. The van der Waals surface area contributed by atoms with Crippen LogP contribution in [0.1, 0.15) is 24.8 Å². The number of benzene rings is 1. The maximum Gasteiger partial charge on any atom is 0.223 e. The van der Waals surface area contributed by atoms with E-state index in [-0.39, 0.29) is 11.7 Å². The lowest BCUT2D eigenvalue weighted by Crippen LogP contribution is -3.13. The molecule has 122 valence electrons. The fraction of sp³-hybridized carbons (Fsp3) is 0.471. The van der Waals surface area contributed by atoms with E-state index in [1.165, 1.54) is 16.5 Å². The van der Waals surface area contributed by atoms with Crippen molar-refractivity contribution in [2.75, 3.05) is 26.2 Å². The molecule has 1 aromatic heterocycles. The van der Waals surface area contributed by atoms with Crippen LogP contribution in [0.25, 0.3) is 10.2 Å². The summed E-state index contributed by atoms with van der Waals surface area (Å²) in [7, 11) is 0. The predicted octanol–water partition coefficient (Wildman–Crippen LogP) is 0.893. The minimum atomic E-state index is 0.0819. The molecule has 0 spiro atoms. The van der Waals surface area contributed by atoms with Crippen LogP contribution < -0.4 is 4.90 Å². The van der Waals surface area contributed by atoms with Gasteiger partial charge in [0.05, 0.1) is 36.4 Å². The summed E-state index contributed by atoms with van der Waals surface area (Å²) >= 11 is 1.76. The van der Waals surface area contributed by atoms with Gasteiger partial charge in [-0.25, -0.2) is 4.98 Å². The Bertz CT molecular complexity index is 672. The zero-order valence-electron chi connectivity index (χ0n) is 13.4. The van der Waals surface area contributed by atoms with E-state index in [1.807, 2.05) is 17.0 Å². The number of aromatic nitrogens is 1. The second-order valence-corrected chi connectivity index (χ2v) is 7.20. The zero-order valence-corrected chi connectivity index (χ0v) is 14.2. The van der Waals surface area contributed by atoms with E-state index < -0.39 is 0 Å². The summed E-state index contributed by atoms with van der Waals surface area (Å²) in [6, 6.07) is 8.22. The normalized spacial score (nSPS) is 16.0. The fourth-order valence-electron chi connectivity index (χ4n) is 2.90. The molecule has 6 heteroatoms. The first-order valence-electron chi connectivity index (χ1n) is 8.07. The maximum atomic E-state index is 12.0. The molecule has 3 rings (SSSR count). The number of piperazine rings is 1. The van der Waals surface area contributed by atoms with E-state index in [0.29, 0.717) is 12.8 Å². The summed E-state index contributed by atoms with van der Waals surface area (Å²) in [5.41, 5.74) is 1.07. The van der Waals surface area contributed by atoms with E-state index in [1.54, 1.807) is 11.3 Å². The van der Waals surface area contributed by atoms with Gasteiger partial charge in [0.15, 0.2) is 0 Å². The molecular formula is C17H22N3O2S+. The Balaban J connectivity index is 1.51. The van der Waals surface area contributed by atoms with Gasteiger partial charge >= 0.3 is 0 Å². The van der Waals surface area contributed by atoms with Crippen LogP contribution in [0.2, 0.25) is 0 Å². The number of rotatable bonds is 5. The van der Waals surface area contributed by atoms with Crippen LogP contribution >= 0.6 is 11.3 Å². The van der Waals surface area contributed by atoms with Crippen molar-refractivity contribution in [1.82, 2.24) is 9.88 Å². The smallest absolute Gasteiger partial charge is 0.223 e. The molecule has 0 radical (unpaired) electrons. The average molecular weight is 332 g/mol. The average Bonchev–Trinajstić information content (AvgIpc) is 2.95. The summed E-state index contributed by atoms with van der Waals surface area (Å²) < 4.78 is 1.24. The fourth-order valence-corrected chi connectivity index (χ4v) is 3.94. The van der Waals surface area contributed by atoms with E-state index >= 15 is 0 Å². The van der Waals surface area contributed by atoms with Gasteiger partial charge in [-0.3, -0.25) is 4.79 Å². The molecule has 0 saturated carbocycles. The van der Waals surface area contributed by atoms with Crippen molar-refractivity contribution in [3.63, 3.8) is 0 Å². The second-order valence-electron chi connectivity index (χ2n) is 6.08. The number of nitrogens with one attached hydrogen (secondary N) is 1. The Labute approximate surface area is 139 Å². The number of nitrogens with zero attached hydrogens (tertiary/aromatic N) is 2. The number of Topliss-reactive ketones (excluding diaryl/α,β-unsaturated/α-hetero) is 1. The van der Waals surface area contributed by atoms with Crippen LogP contribution in [0.4, 0.5) is 0 Å². The highest BCUT2D eigenvalue weighted by atomic mass is 32.1. The standard InChI is InChI=1S/C17H21N3O2S/c1-13(21)6-7-17(22)20-10-8-19(9-11-20)12-16-18-14-4-2-3-5-15(14)23-16/h2-5H,6-12H2,1H3/p+1. The van der Waals surface area contributed by atoms with Gasteiger partial charge in [0.1, 0.15) is 17.3 Å². The van der Waals surface area contributed by atoms with Crippen LogP contribution in [0.15, 0.2) is 24.3 Å². The number of carbonyl (C=O) groups excluding carboxylic acids is 2. The van der Waals surface area contributed by atoms with Gasteiger partial charge in [-0.05, 0) is 19.1 Å². The third-order valence-electron chi connectivity index (χ3n) is 4.25. The highest BCUT2D eigenvalue weighted by Gasteiger charge is 2.24. The molecule has 1 N–H and O–H groups in total. The van der Waals surface area contributed by atoms with E-state index in [4.69, 9.17) is 0 Å². The van der Waals surface area contributed by atoms with Gasteiger partial charge in [0.25, 0.3) is 0 Å².